The highest BCUT2D eigenvalue weighted by atomic mass is 19.1. The number of fused-ring (bicyclic) bond motifs is 1. The Labute approximate surface area is 95.7 Å². The van der Waals surface area contributed by atoms with Gasteiger partial charge in [0.15, 0.2) is 0 Å². The molecule has 1 N–H and O–H groups in total. The predicted molar refractivity (Wildman–Crippen MR) is 66.1 cm³/mol. The van der Waals surface area contributed by atoms with Gasteiger partial charge in [-0.1, -0.05) is 26.2 Å². The minimum Gasteiger partial charge on any atom is -0.358 e. The lowest BCUT2D eigenvalue weighted by Crippen LogP contribution is -1.84. The van der Waals surface area contributed by atoms with Crippen LogP contribution >= 0.6 is 0 Å². The number of halogens is 1. The Morgan fingerprint density at radius 2 is 2.00 bits per heavy atom. The Balaban J connectivity index is 2.02. The second-order valence-electron chi connectivity index (χ2n) is 4.34. The maximum atomic E-state index is 13.0. The molecule has 2 rings (SSSR count). The number of hydrogen-bond acceptors (Lipinski definition) is 0. The number of benzene rings is 1. The average molecular weight is 219 g/mol. The molecule has 0 fully saturated rings. The highest BCUT2D eigenvalue weighted by Gasteiger charge is 2.01. The third-order valence-corrected chi connectivity index (χ3v) is 2.94. The summed E-state index contributed by atoms with van der Waals surface area (Å²) in [6.07, 6.45) is 6.12. The van der Waals surface area contributed by atoms with Crippen molar-refractivity contribution in [2.24, 2.45) is 0 Å². The Morgan fingerprint density at radius 1 is 1.12 bits per heavy atom. The van der Waals surface area contributed by atoms with Gasteiger partial charge in [-0.2, -0.15) is 0 Å². The molecule has 0 bridgehead atoms. The van der Waals surface area contributed by atoms with Gasteiger partial charge >= 0.3 is 0 Å². The van der Waals surface area contributed by atoms with Crippen LogP contribution in [-0.2, 0) is 6.42 Å². The van der Waals surface area contributed by atoms with Crippen molar-refractivity contribution < 1.29 is 4.39 Å². The first-order chi connectivity index (χ1) is 7.79. The summed E-state index contributed by atoms with van der Waals surface area (Å²) < 4.78 is 13.0. The van der Waals surface area contributed by atoms with Gasteiger partial charge in [-0.3, -0.25) is 0 Å². The third kappa shape index (κ3) is 2.63. The zero-order valence-electron chi connectivity index (χ0n) is 9.72. The van der Waals surface area contributed by atoms with Crippen molar-refractivity contribution in [1.29, 1.82) is 0 Å². The predicted octanol–water partition coefficient (Wildman–Crippen LogP) is 4.43. The molecule has 0 amide bonds. The monoisotopic (exact) mass is 219 g/mol. The molecular formula is C14H18FN. The average Bonchev–Trinajstić information content (AvgIpc) is 2.66. The van der Waals surface area contributed by atoms with Gasteiger partial charge in [0, 0.05) is 16.6 Å². The molecule has 0 unspecified atom stereocenters. The topological polar surface area (TPSA) is 15.8 Å². The number of rotatable bonds is 5. The van der Waals surface area contributed by atoms with Gasteiger partial charge in [0.2, 0.25) is 0 Å². The van der Waals surface area contributed by atoms with Crippen molar-refractivity contribution >= 4 is 10.9 Å². The van der Waals surface area contributed by atoms with Crippen LogP contribution < -0.4 is 0 Å². The van der Waals surface area contributed by atoms with Crippen LogP contribution in [-0.4, -0.2) is 4.98 Å². The molecule has 0 spiro atoms. The number of H-pyrrole nitrogens is 1. The van der Waals surface area contributed by atoms with Gasteiger partial charge in [-0.15, -0.1) is 0 Å². The highest BCUT2D eigenvalue weighted by Crippen LogP contribution is 2.18. The quantitative estimate of drug-likeness (QED) is 0.716. The molecule has 1 nitrogen and oxygen atoms in total. The van der Waals surface area contributed by atoms with Gasteiger partial charge < -0.3 is 4.98 Å². The molecule has 16 heavy (non-hydrogen) atoms. The molecule has 0 radical (unpaired) electrons. The van der Waals surface area contributed by atoms with E-state index < -0.39 is 0 Å². The first-order valence-corrected chi connectivity index (χ1v) is 6.07. The standard InChI is InChI=1S/C14H18FN/c1-2-3-4-5-6-13-10-11-9-12(15)7-8-14(11)16-13/h7-10,16H,2-6H2,1H3. The lowest BCUT2D eigenvalue weighted by Gasteiger charge is -1.96. The van der Waals surface area contributed by atoms with Gasteiger partial charge in [0.1, 0.15) is 5.82 Å². The number of aryl methyl sites for hydroxylation is 1. The van der Waals surface area contributed by atoms with Crippen molar-refractivity contribution in [2.75, 3.05) is 0 Å². The lowest BCUT2D eigenvalue weighted by molar-refractivity contribution is 0.630. The van der Waals surface area contributed by atoms with E-state index >= 15 is 0 Å². The zero-order valence-corrected chi connectivity index (χ0v) is 9.72. The number of aromatic amines is 1. The molecule has 0 aliphatic heterocycles. The summed E-state index contributed by atoms with van der Waals surface area (Å²) in [5.74, 6) is -0.163. The van der Waals surface area contributed by atoms with Crippen molar-refractivity contribution in [3.05, 3.63) is 35.8 Å². The fraction of sp³-hybridized carbons (Fsp3) is 0.429. The van der Waals surface area contributed by atoms with Crippen LogP contribution in [0.5, 0.6) is 0 Å². The smallest absolute Gasteiger partial charge is 0.123 e. The van der Waals surface area contributed by atoms with E-state index in [0.717, 1.165) is 17.3 Å². The summed E-state index contributed by atoms with van der Waals surface area (Å²) >= 11 is 0. The maximum Gasteiger partial charge on any atom is 0.123 e. The normalized spacial score (nSPS) is 11.1. The van der Waals surface area contributed by atoms with Crippen molar-refractivity contribution in [2.45, 2.75) is 39.0 Å². The van der Waals surface area contributed by atoms with E-state index in [1.54, 1.807) is 12.1 Å². The molecule has 0 saturated heterocycles. The van der Waals surface area contributed by atoms with Crippen molar-refractivity contribution in [3.8, 4) is 0 Å². The fourth-order valence-electron chi connectivity index (χ4n) is 2.04. The van der Waals surface area contributed by atoms with E-state index in [1.165, 1.54) is 37.4 Å². The van der Waals surface area contributed by atoms with Gasteiger partial charge in [0.05, 0.1) is 0 Å². The Morgan fingerprint density at radius 3 is 2.81 bits per heavy atom. The molecule has 1 aromatic carbocycles. The number of unbranched alkanes of at least 4 members (excludes halogenated alkanes) is 3. The molecular weight excluding hydrogens is 201 g/mol. The summed E-state index contributed by atoms with van der Waals surface area (Å²) in [4.78, 5) is 3.33. The van der Waals surface area contributed by atoms with E-state index in [-0.39, 0.29) is 5.82 Å². The molecule has 2 heteroatoms. The number of nitrogens with one attached hydrogen (secondary N) is 1. The minimum absolute atomic E-state index is 0.163. The van der Waals surface area contributed by atoms with Crippen LogP contribution in [0.1, 0.15) is 38.3 Å². The largest absolute Gasteiger partial charge is 0.358 e. The molecule has 0 saturated carbocycles. The van der Waals surface area contributed by atoms with E-state index in [0.29, 0.717) is 0 Å². The molecule has 0 aliphatic rings. The van der Waals surface area contributed by atoms with E-state index in [9.17, 15) is 4.39 Å². The number of hydrogen-bond donors (Lipinski definition) is 1. The molecule has 2 aromatic rings. The summed E-state index contributed by atoms with van der Waals surface area (Å²) in [6, 6.07) is 6.95. The Hall–Kier alpha value is -1.31. The summed E-state index contributed by atoms with van der Waals surface area (Å²) in [5.41, 5.74) is 2.25. The number of aromatic nitrogens is 1. The fourth-order valence-corrected chi connectivity index (χ4v) is 2.04. The SMILES string of the molecule is CCCCCCc1cc2cc(F)ccc2[nH]1. The van der Waals surface area contributed by atoms with E-state index in [2.05, 4.69) is 18.0 Å². The van der Waals surface area contributed by atoms with Crippen molar-refractivity contribution in [3.63, 3.8) is 0 Å². The molecule has 1 aromatic heterocycles. The lowest BCUT2D eigenvalue weighted by atomic mass is 10.1. The highest BCUT2D eigenvalue weighted by molar-refractivity contribution is 5.80. The van der Waals surface area contributed by atoms with Crippen molar-refractivity contribution in [1.82, 2.24) is 4.98 Å². The molecule has 1 heterocycles. The first kappa shape index (κ1) is 11.2. The van der Waals surface area contributed by atoms with Crippen LogP contribution in [0.3, 0.4) is 0 Å². The maximum absolute atomic E-state index is 13.0. The van der Waals surface area contributed by atoms with Crippen LogP contribution in [0.2, 0.25) is 0 Å². The first-order valence-electron chi connectivity index (χ1n) is 6.07. The van der Waals surface area contributed by atoms with Crippen LogP contribution in [0.4, 0.5) is 4.39 Å². The second-order valence-corrected chi connectivity index (χ2v) is 4.34. The second kappa shape index (κ2) is 5.15. The van der Waals surface area contributed by atoms with E-state index in [4.69, 9.17) is 0 Å². The summed E-state index contributed by atoms with van der Waals surface area (Å²) in [5, 5.41) is 0.977. The van der Waals surface area contributed by atoms with Gasteiger partial charge in [0.25, 0.3) is 0 Å². The zero-order chi connectivity index (χ0) is 11.4. The van der Waals surface area contributed by atoms with Crippen LogP contribution in [0.25, 0.3) is 10.9 Å². The summed E-state index contributed by atoms with van der Waals surface area (Å²) in [6.45, 7) is 2.21. The van der Waals surface area contributed by atoms with Gasteiger partial charge in [-0.05, 0) is 37.1 Å². The molecule has 0 aliphatic carbocycles. The minimum atomic E-state index is -0.163. The van der Waals surface area contributed by atoms with E-state index in [1.807, 2.05) is 0 Å². The molecule has 86 valence electrons. The van der Waals surface area contributed by atoms with Crippen LogP contribution in [0.15, 0.2) is 24.3 Å². The third-order valence-electron chi connectivity index (χ3n) is 2.94. The Bertz CT molecular complexity index is 459. The molecule has 0 atom stereocenters. The van der Waals surface area contributed by atoms with Crippen LogP contribution in [0, 0.1) is 5.82 Å². The van der Waals surface area contributed by atoms with Gasteiger partial charge in [-0.25, -0.2) is 4.39 Å². The Kier molecular flexibility index (Phi) is 3.60. The summed E-state index contributed by atoms with van der Waals surface area (Å²) in [7, 11) is 0.